The number of anilines is 1. The molecule has 0 spiro atoms. The molecule has 1 heterocycles. The summed E-state index contributed by atoms with van der Waals surface area (Å²) < 4.78 is 5.01. The number of aromatic nitrogens is 2. The summed E-state index contributed by atoms with van der Waals surface area (Å²) in [6.07, 6.45) is 0. The topological polar surface area (TPSA) is 104 Å². The highest BCUT2D eigenvalue weighted by Gasteiger charge is 2.11. The molecule has 0 bridgehead atoms. The molecule has 0 saturated carbocycles. The van der Waals surface area contributed by atoms with Gasteiger partial charge in [-0.15, -0.1) is 0 Å². The van der Waals surface area contributed by atoms with Crippen molar-refractivity contribution in [2.45, 2.75) is 0 Å². The van der Waals surface area contributed by atoms with Crippen LogP contribution in [0.4, 0.5) is 5.82 Å². The third-order valence-electron chi connectivity index (χ3n) is 2.38. The summed E-state index contributed by atoms with van der Waals surface area (Å²) in [5.74, 6) is -0.845. The number of nitrogens with one attached hydrogen (secondary N) is 2. The largest absolute Gasteiger partial charge is 0.497 e. The molecule has 0 radical (unpaired) electrons. The molecular formula is C12H11N3O4. The minimum absolute atomic E-state index is 0.0963. The molecule has 98 valence electrons. The number of amides is 1. The monoisotopic (exact) mass is 261 g/mol. The van der Waals surface area contributed by atoms with Crippen LogP contribution in [0.1, 0.15) is 20.8 Å². The Kier molecular flexibility index (Phi) is 3.46. The molecule has 0 atom stereocenters. The fraction of sp³-hybridized carbons (Fsp3) is 0.0833. The number of nitrogens with zero attached hydrogens (tertiary/aromatic N) is 1. The van der Waals surface area contributed by atoms with Crippen molar-refractivity contribution in [3.63, 3.8) is 0 Å². The smallest absolute Gasteiger partial charge is 0.353 e. The first kappa shape index (κ1) is 12.6. The Labute approximate surface area is 108 Å². The Morgan fingerprint density at radius 3 is 2.79 bits per heavy atom. The Balaban J connectivity index is 2.13. The number of carboxylic acid groups (broad SMARTS) is 1. The molecule has 0 saturated heterocycles. The number of carbonyl (C=O) groups is 2. The summed E-state index contributed by atoms with van der Waals surface area (Å²) in [6, 6.07) is 7.82. The SMILES string of the molecule is COc1cccc(C(=O)Nc2cc(C(=O)O)[nH]n2)c1. The minimum atomic E-state index is -1.14. The van der Waals surface area contributed by atoms with E-state index < -0.39 is 11.9 Å². The van der Waals surface area contributed by atoms with Gasteiger partial charge in [0.1, 0.15) is 11.4 Å². The maximum atomic E-state index is 11.9. The van der Waals surface area contributed by atoms with Crippen LogP contribution in [-0.2, 0) is 0 Å². The molecule has 2 rings (SSSR count). The van der Waals surface area contributed by atoms with Gasteiger partial charge in [0.2, 0.25) is 0 Å². The summed E-state index contributed by atoms with van der Waals surface area (Å²) in [5, 5.41) is 17.2. The number of ether oxygens (including phenoxy) is 1. The zero-order chi connectivity index (χ0) is 13.8. The number of aromatic carboxylic acids is 1. The average Bonchev–Trinajstić information content (AvgIpc) is 2.87. The zero-order valence-electron chi connectivity index (χ0n) is 10.0. The van der Waals surface area contributed by atoms with E-state index in [-0.39, 0.29) is 11.5 Å². The molecule has 0 unspecified atom stereocenters. The van der Waals surface area contributed by atoms with E-state index in [0.29, 0.717) is 11.3 Å². The van der Waals surface area contributed by atoms with E-state index in [4.69, 9.17) is 9.84 Å². The number of benzene rings is 1. The molecular weight excluding hydrogens is 250 g/mol. The number of rotatable bonds is 4. The van der Waals surface area contributed by atoms with Crippen molar-refractivity contribution in [2.24, 2.45) is 0 Å². The maximum Gasteiger partial charge on any atom is 0.353 e. The number of hydrogen-bond donors (Lipinski definition) is 3. The van der Waals surface area contributed by atoms with Crippen LogP contribution < -0.4 is 10.1 Å². The van der Waals surface area contributed by atoms with Crippen molar-refractivity contribution in [3.05, 3.63) is 41.6 Å². The summed E-state index contributed by atoms with van der Waals surface area (Å²) in [5.41, 5.74) is 0.292. The Bertz CT molecular complexity index is 621. The summed E-state index contributed by atoms with van der Waals surface area (Å²) in [6.45, 7) is 0. The van der Waals surface area contributed by atoms with Crippen LogP contribution in [0, 0.1) is 0 Å². The highest BCUT2D eigenvalue weighted by Crippen LogP contribution is 2.14. The highest BCUT2D eigenvalue weighted by atomic mass is 16.5. The molecule has 1 aromatic heterocycles. The lowest BCUT2D eigenvalue weighted by Gasteiger charge is -2.04. The van der Waals surface area contributed by atoms with Crippen LogP contribution in [0.5, 0.6) is 5.75 Å². The first-order chi connectivity index (χ1) is 9.10. The number of carbonyl (C=O) groups excluding carboxylic acids is 1. The zero-order valence-corrected chi connectivity index (χ0v) is 10.0. The summed E-state index contributed by atoms with van der Waals surface area (Å²) in [4.78, 5) is 22.5. The number of hydrogen-bond acceptors (Lipinski definition) is 4. The van der Waals surface area contributed by atoms with Gasteiger partial charge in [0.05, 0.1) is 7.11 Å². The van der Waals surface area contributed by atoms with E-state index in [2.05, 4.69) is 15.5 Å². The van der Waals surface area contributed by atoms with Gasteiger partial charge in [0.25, 0.3) is 5.91 Å². The fourth-order valence-corrected chi connectivity index (χ4v) is 1.45. The summed E-state index contributed by atoms with van der Waals surface area (Å²) >= 11 is 0. The molecule has 1 amide bonds. The van der Waals surface area contributed by atoms with E-state index in [0.717, 1.165) is 0 Å². The van der Waals surface area contributed by atoms with Gasteiger partial charge in [-0.05, 0) is 18.2 Å². The van der Waals surface area contributed by atoms with Crippen LogP contribution >= 0.6 is 0 Å². The van der Waals surface area contributed by atoms with E-state index in [1.54, 1.807) is 24.3 Å². The molecule has 0 aliphatic heterocycles. The molecule has 1 aromatic carbocycles. The van der Waals surface area contributed by atoms with Crippen LogP contribution in [0.25, 0.3) is 0 Å². The van der Waals surface area contributed by atoms with Crippen LogP contribution in [0.15, 0.2) is 30.3 Å². The lowest BCUT2D eigenvalue weighted by molar-refractivity contribution is 0.0690. The molecule has 0 aliphatic carbocycles. The van der Waals surface area contributed by atoms with E-state index in [1.807, 2.05) is 0 Å². The van der Waals surface area contributed by atoms with Gasteiger partial charge in [-0.1, -0.05) is 6.07 Å². The van der Waals surface area contributed by atoms with Gasteiger partial charge in [-0.3, -0.25) is 9.89 Å². The van der Waals surface area contributed by atoms with Crippen molar-refractivity contribution in [1.82, 2.24) is 10.2 Å². The van der Waals surface area contributed by atoms with Crippen molar-refractivity contribution in [3.8, 4) is 5.75 Å². The third kappa shape index (κ3) is 2.89. The quantitative estimate of drug-likeness (QED) is 0.771. The van der Waals surface area contributed by atoms with Crippen molar-refractivity contribution in [2.75, 3.05) is 12.4 Å². The van der Waals surface area contributed by atoms with Crippen LogP contribution in [-0.4, -0.2) is 34.3 Å². The Morgan fingerprint density at radius 1 is 1.37 bits per heavy atom. The maximum absolute atomic E-state index is 11.9. The number of H-pyrrole nitrogens is 1. The van der Waals surface area contributed by atoms with E-state index in [9.17, 15) is 9.59 Å². The van der Waals surface area contributed by atoms with Crippen molar-refractivity contribution >= 4 is 17.7 Å². The van der Waals surface area contributed by atoms with Gasteiger partial charge in [-0.25, -0.2) is 4.79 Å². The van der Waals surface area contributed by atoms with E-state index in [1.165, 1.54) is 13.2 Å². The van der Waals surface area contributed by atoms with Gasteiger partial charge < -0.3 is 15.2 Å². The highest BCUT2D eigenvalue weighted by molar-refractivity contribution is 6.04. The third-order valence-corrected chi connectivity index (χ3v) is 2.38. The normalized spacial score (nSPS) is 9.95. The van der Waals surface area contributed by atoms with Gasteiger partial charge in [0, 0.05) is 11.6 Å². The molecule has 7 nitrogen and oxygen atoms in total. The second kappa shape index (κ2) is 5.21. The Hall–Kier alpha value is -2.83. The summed E-state index contributed by atoms with van der Waals surface area (Å²) in [7, 11) is 1.50. The van der Waals surface area contributed by atoms with Gasteiger partial charge >= 0.3 is 5.97 Å². The molecule has 3 N–H and O–H groups in total. The first-order valence-corrected chi connectivity index (χ1v) is 5.34. The first-order valence-electron chi connectivity index (χ1n) is 5.34. The van der Waals surface area contributed by atoms with Crippen LogP contribution in [0.2, 0.25) is 0 Å². The molecule has 19 heavy (non-hydrogen) atoms. The molecule has 7 heteroatoms. The number of methoxy groups -OCH3 is 1. The number of carboxylic acids is 1. The second-order valence-electron chi connectivity index (χ2n) is 3.66. The molecule has 0 aliphatic rings. The van der Waals surface area contributed by atoms with E-state index >= 15 is 0 Å². The predicted molar refractivity (Wildman–Crippen MR) is 66.5 cm³/mol. The number of aromatic amines is 1. The molecule has 0 fully saturated rings. The standard InChI is InChI=1S/C12H11N3O4/c1-19-8-4-2-3-7(5-8)11(16)13-10-6-9(12(17)18)14-15-10/h2-6H,1H3,(H,17,18)(H2,13,14,15,16). The van der Waals surface area contributed by atoms with Crippen molar-refractivity contribution < 1.29 is 19.4 Å². The Morgan fingerprint density at radius 2 is 2.16 bits per heavy atom. The average molecular weight is 261 g/mol. The molecule has 2 aromatic rings. The minimum Gasteiger partial charge on any atom is -0.497 e. The van der Waals surface area contributed by atoms with Crippen molar-refractivity contribution in [1.29, 1.82) is 0 Å². The van der Waals surface area contributed by atoms with Crippen LogP contribution in [0.3, 0.4) is 0 Å². The lowest BCUT2D eigenvalue weighted by atomic mass is 10.2. The second-order valence-corrected chi connectivity index (χ2v) is 3.66. The fourth-order valence-electron chi connectivity index (χ4n) is 1.45. The predicted octanol–water partition coefficient (Wildman–Crippen LogP) is 1.37. The lowest BCUT2D eigenvalue weighted by Crippen LogP contribution is -2.12. The van der Waals surface area contributed by atoms with Gasteiger partial charge in [-0.2, -0.15) is 5.10 Å². The van der Waals surface area contributed by atoms with Gasteiger partial charge in [0.15, 0.2) is 5.82 Å².